The van der Waals surface area contributed by atoms with Crippen molar-refractivity contribution >= 4 is 17.4 Å². The molecule has 1 aliphatic heterocycles. The number of aryl methyl sites for hydroxylation is 1. The third kappa shape index (κ3) is 2.45. The summed E-state index contributed by atoms with van der Waals surface area (Å²) in [4.78, 5) is 8.36. The molecule has 74 valence electrons. The van der Waals surface area contributed by atoms with Gasteiger partial charge in [-0.15, -0.1) is 0 Å². The van der Waals surface area contributed by atoms with E-state index in [1.165, 1.54) is 5.56 Å². The topological polar surface area (TPSA) is 37.3 Å². The van der Waals surface area contributed by atoms with Crippen LogP contribution in [0.1, 0.15) is 12.0 Å². The van der Waals surface area contributed by atoms with Crippen LogP contribution in [-0.2, 0) is 6.42 Å². The second kappa shape index (κ2) is 4.42. The van der Waals surface area contributed by atoms with Crippen LogP contribution in [0.25, 0.3) is 0 Å². The molecule has 0 amide bonds. The Hall–Kier alpha value is -1.09. The Labute approximate surface area is 88.2 Å². The first kappa shape index (κ1) is 9.46. The number of aliphatic imine (C=N–C) groups is 1. The molecule has 1 aromatic heterocycles. The van der Waals surface area contributed by atoms with Gasteiger partial charge in [-0.25, -0.2) is 4.98 Å². The Morgan fingerprint density at radius 2 is 2.29 bits per heavy atom. The summed E-state index contributed by atoms with van der Waals surface area (Å²) in [5, 5.41) is 3.79. The number of amidine groups is 1. The fourth-order valence-corrected chi connectivity index (χ4v) is 1.54. The van der Waals surface area contributed by atoms with Crippen LogP contribution in [0.3, 0.4) is 0 Å². The highest BCUT2D eigenvalue weighted by Crippen LogP contribution is 2.07. The summed E-state index contributed by atoms with van der Waals surface area (Å²) in [6.07, 6.45) is 3.75. The lowest BCUT2D eigenvalue weighted by atomic mass is 10.1. The normalized spacial score (nSPS) is 15.1. The monoisotopic (exact) mass is 209 g/mol. The van der Waals surface area contributed by atoms with Crippen molar-refractivity contribution in [3.63, 3.8) is 0 Å². The molecule has 0 spiro atoms. The molecule has 0 fully saturated rings. The van der Waals surface area contributed by atoms with Gasteiger partial charge in [-0.05, 0) is 18.1 Å². The van der Waals surface area contributed by atoms with Gasteiger partial charge >= 0.3 is 0 Å². The molecule has 1 aliphatic rings. The number of nitrogens with zero attached hydrogens (tertiary/aromatic N) is 2. The van der Waals surface area contributed by atoms with E-state index in [2.05, 4.69) is 15.3 Å². The predicted octanol–water partition coefficient (Wildman–Crippen LogP) is 1.67. The number of rotatable bonds is 3. The van der Waals surface area contributed by atoms with Gasteiger partial charge in [-0.2, -0.15) is 0 Å². The van der Waals surface area contributed by atoms with Gasteiger partial charge < -0.3 is 5.32 Å². The molecule has 0 aromatic carbocycles. The van der Waals surface area contributed by atoms with Crippen molar-refractivity contribution in [2.45, 2.75) is 12.8 Å². The maximum Gasteiger partial charge on any atom is 0.129 e. The van der Waals surface area contributed by atoms with Crippen LogP contribution in [-0.4, -0.2) is 23.9 Å². The molecule has 2 rings (SSSR count). The lowest BCUT2D eigenvalue weighted by molar-refractivity contribution is 0.931. The average molecular weight is 210 g/mol. The minimum absolute atomic E-state index is 0.546. The molecule has 4 heteroatoms. The summed E-state index contributed by atoms with van der Waals surface area (Å²) in [6.45, 7) is 1.89. The smallest absolute Gasteiger partial charge is 0.129 e. The predicted molar refractivity (Wildman–Crippen MR) is 57.9 cm³/mol. The number of nitrogens with one attached hydrogen (secondary N) is 1. The van der Waals surface area contributed by atoms with Gasteiger partial charge in [0.15, 0.2) is 0 Å². The van der Waals surface area contributed by atoms with Gasteiger partial charge in [-0.3, -0.25) is 4.99 Å². The second-order valence-corrected chi connectivity index (χ2v) is 3.63. The fraction of sp³-hybridized carbons (Fsp3) is 0.400. The zero-order valence-electron chi connectivity index (χ0n) is 7.83. The first-order valence-electron chi connectivity index (χ1n) is 4.72. The average Bonchev–Trinajstić information content (AvgIpc) is 2.70. The summed E-state index contributed by atoms with van der Waals surface area (Å²) < 4.78 is 0. The van der Waals surface area contributed by atoms with Crippen molar-refractivity contribution < 1.29 is 0 Å². The van der Waals surface area contributed by atoms with E-state index >= 15 is 0 Å². The number of aromatic nitrogens is 1. The SMILES string of the molecule is Clc1ccc(CCC2=NCCN2)cn1. The molecule has 0 aliphatic carbocycles. The molecule has 0 saturated carbocycles. The standard InChI is InChI=1S/C10H12ClN3/c11-9-3-1-8(7-14-9)2-4-10-12-5-6-13-10/h1,3,7H,2,4-6H2,(H,12,13). The van der Waals surface area contributed by atoms with Gasteiger partial charge in [0.1, 0.15) is 5.15 Å². The van der Waals surface area contributed by atoms with E-state index in [4.69, 9.17) is 11.6 Å². The molecule has 0 saturated heterocycles. The van der Waals surface area contributed by atoms with Crippen molar-refractivity contribution in [3.05, 3.63) is 29.0 Å². The molecular weight excluding hydrogens is 198 g/mol. The van der Waals surface area contributed by atoms with Crippen LogP contribution in [0.15, 0.2) is 23.3 Å². The molecule has 0 unspecified atom stereocenters. The summed E-state index contributed by atoms with van der Waals surface area (Å²) in [5.41, 5.74) is 1.20. The molecule has 1 N–H and O–H groups in total. The van der Waals surface area contributed by atoms with Crippen LogP contribution in [0.2, 0.25) is 5.15 Å². The molecule has 3 nitrogen and oxygen atoms in total. The maximum absolute atomic E-state index is 5.69. The summed E-state index contributed by atoms with van der Waals surface area (Å²) in [6, 6.07) is 3.83. The van der Waals surface area contributed by atoms with Gasteiger partial charge in [-0.1, -0.05) is 17.7 Å². The number of pyridine rings is 1. The number of hydrogen-bond donors (Lipinski definition) is 1. The fourth-order valence-electron chi connectivity index (χ4n) is 1.43. The van der Waals surface area contributed by atoms with Crippen molar-refractivity contribution in [1.82, 2.24) is 10.3 Å². The van der Waals surface area contributed by atoms with Gasteiger partial charge in [0, 0.05) is 19.2 Å². The second-order valence-electron chi connectivity index (χ2n) is 3.24. The Balaban J connectivity index is 1.88. The molecular formula is C10H12ClN3. The van der Waals surface area contributed by atoms with Gasteiger partial charge in [0.05, 0.1) is 12.4 Å². The third-order valence-electron chi connectivity index (χ3n) is 2.18. The Morgan fingerprint density at radius 1 is 1.36 bits per heavy atom. The van der Waals surface area contributed by atoms with E-state index in [1.54, 1.807) is 0 Å². The lowest BCUT2D eigenvalue weighted by Crippen LogP contribution is -2.18. The molecule has 14 heavy (non-hydrogen) atoms. The first-order chi connectivity index (χ1) is 6.84. The largest absolute Gasteiger partial charge is 0.372 e. The van der Waals surface area contributed by atoms with Gasteiger partial charge in [0.25, 0.3) is 0 Å². The Morgan fingerprint density at radius 3 is 2.93 bits per heavy atom. The number of halogens is 1. The number of hydrogen-bond acceptors (Lipinski definition) is 3. The van der Waals surface area contributed by atoms with Crippen LogP contribution in [0.4, 0.5) is 0 Å². The van der Waals surface area contributed by atoms with E-state index in [1.807, 2.05) is 18.3 Å². The van der Waals surface area contributed by atoms with E-state index in [-0.39, 0.29) is 0 Å². The highest BCUT2D eigenvalue weighted by molar-refractivity contribution is 6.29. The first-order valence-corrected chi connectivity index (χ1v) is 5.10. The maximum atomic E-state index is 5.69. The van der Waals surface area contributed by atoms with Crippen molar-refractivity contribution in [2.75, 3.05) is 13.1 Å². The summed E-state index contributed by atoms with van der Waals surface area (Å²) in [5.74, 6) is 1.11. The van der Waals surface area contributed by atoms with Crippen LogP contribution < -0.4 is 5.32 Å². The highest BCUT2D eigenvalue weighted by atomic mass is 35.5. The molecule has 0 atom stereocenters. The van der Waals surface area contributed by atoms with Gasteiger partial charge in [0.2, 0.25) is 0 Å². The van der Waals surface area contributed by atoms with Crippen LogP contribution in [0, 0.1) is 0 Å². The van der Waals surface area contributed by atoms with Crippen molar-refractivity contribution in [1.29, 1.82) is 0 Å². The van der Waals surface area contributed by atoms with E-state index in [9.17, 15) is 0 Å². The minimum atomic E-state index is 0.546. The molecule has 1 aromatic rings. The Bertz CT molecular complexity index is 332. The minimum Gasteiger partial charge on any atom is -0.372 e. The molecule has 0 radical (unpaired) electrons. The third-order valence-corrected chi connectivity index (χ3v) is 2.41. The van der Waals surface area contributed by atoms with Crippen LogP contribution in [0.5, 0.6) is 0 Å². The van der Waals surface area contributed by atoms with Crippen molar-refractivity contribution in [2.24, 2.45) is 4.99 Å². The quantitative estimate of drug-likeness (QED) is 0.769. The molecule has 0 bridgehead atoms. The van der Waals surface area contributed by atoms with E-state index in [0.717, 1.165) is 31.8 Å². The zero-order chi connectivity index (χ0) is 9.80. The van der Waals surface area contributed by atoms with Crippen molar-refractivity contribution in [3.8, 4) is 0 Å². The molecule has 2 heterocycles. The summed E-state index contributed by atoms with van der Waals surface area (Å²) in [7, 11) is 0. The Kier molecular flexibility index (Phi) is 2.99. The lowest BCUT2D eigenvalue weighted by Gasteiger charge is -2.02. The highest BCUT2D eigenvalue weighted by Gasteiger charge is 2.04. The van der Waals surface area contributed by atoms with E-state index < -0.39 is 0 Å². The van der Waals surface area contributed by atoms with Crippen LogP contribution >= 0.6 is 11.6 Å². The van der Waals surface area contributed by atoms with E-state index in [0.29, 0.717) is 5.15 Å². The summed E-state index contributed by atoms with van der Waals surface area (Å²) >= 11 is 5.69. The zero-order valence-corrected chi connectivity index (χ0v) is 8.59.